The normalized spacial score (nSPS) is 20.7. The first-order valence-corrected chi connectivity index (χ1v) is 7.96. The molecule has 0 aliphatic carbocycles. The second kappa shape index (κ2) is 7.04. The molecule has 1 aliphatic rings. The first-order valence-electron chi connectivity index (χ1n) is 7.96. The van der Waals surface area contributed by atoms with Crippen LogP contribution in [0.2, 0.25) is 0 Å². The van der Waals surface area contributed by atoms with Crippen molar-refractivity contribution >= 4 is 11.9 Å². The van der Waals surface area contributed by atoms with Gasteiger partial charge in [-0.15, -0.1) is 0 Å². The molecule has 0 saturated carbocycles. The molecule has 1 saturated heterocycles. The maximum Gasteiger partial charge on any atom is 0.309 e. The van der Waals surface area contributed by atoms with Crippen LogP contribution in [0.5, 0.6) is 0 Å². The minimum absolute atomic E-state index is 0.117. The lowest BCUT2D eigenvalue weighted by molar-refractivity contribution is -0.152. The summed E-state index contributed by atoms with van der Waals surface area (Å²) in [5, 5.41) is 9.49. The quantitative estimate of drug-likeness (QED) is 0.900. The van der Waals surface area contributed by atoms with Crippen molar-refractivity contribution in [1.82, 2.24) is 4.90 Å². The van der Waals surface area contributed by atoms with Gasteiger partial charge in [-0.3, -0.25) is 9.59 Å². The van der Waals surface area contributed by atoms with Gasteiger partial charge in [0.25, 0.3) is 0 Å². The molecular weight excluding hydrogens is 332 g/mol. The second-order valence-electron chi connectivity index (χ2n) is 6.06. The van der Waals surface area contributed by atoms with Crippen molar-refractivity contribution in [2.24, 2.45) is 5.92 Å². The summed E-state index contributed by atoms with van der Waals surface area (Å²) < 4.78 is 32.0. The third kappa shape index (κ3) is 3.70. The van der Waals surface area contributed by atoms with Gasteiger partial charge in [-0.1, -0.05) is 0 Å². The second-order valence-corrected chi connectivity index (χ2v) is 6.06. The van der Waals surface area contributed by atoms with Gasteiger partial charge in [0.1, 0.15) is 23.4 Å². The van der Waals surface area contributed by atoms with Crippen molar-refractivity contribution in [3.8, 4) is 0 Å². The third-order valence-corrected chi connectivity index (χ3v) is 4.42. The lowest BCUT2D eigenvalue weighted by Gasteiger charge is -2.38. The molecule has 0 bridgehead atoms. The number of carbonyl (C=O) groups is 2. The number of carbonyl (C=O) groups excluding carboxylic acids is 1. The van der Waals surface area contributed by atoms with Crippen LogP contribution in [-0.2, 0) is 16.0 Å². The molecule has 3 rings (SSSR count). The molecule has 2 aromatic rings. The molecule has 0 radical (unpaired) electrons. The lowest BCUT2D eigenvalue weighted by Crippen LogP contribution is -2.46. The van der Waals surface area contributed by atoms with Gasteiger partial charge in [0.2, 0.25) is 5.91 Å². The van der Waals surface area contributed by atoms with Gasteiger partial charge in [-0.2, -0.15) is 0 Å². The summed E-state index contributed by atoms with van der Waals surface area (Å²) in [5.41, 5.74) is 0.404. The topological polar surface area (TPSA) is 70.8 Å². The maximum atomic E-state index is 13.3. The van der Waals surface area contributed by atoms with E-state index in [1.807, 2.05) is 0 Å². The summed E-state index contributed by atoms with van der Waals surface area (Å²) in [6.07, 6.45) is 1.98. The van der Waals surface area contributed by atoms with Crippen LogP contribution in [0.3, 0.4) is 0 Å². The minimum Gasteiger partial charge on any atom is -0.481 e. The molecule has 1 aromatic carbocycles. The van der Waals surface area contributed by atoms with E-state index >= 15 is 0 Å². The van der Waals surface area contributed by atoms with Crippen molar-refractivity contribution in [3.63, 3.8) is 0 Å². The van der Waals surface area contributed by atoms with Crippen molar-refractivity contribution in [3.05, 3.63) is 59.6 Å². The van der Waals surface area contributed by atoms with Gasteiger partial charge < -0.3 is 14.4 Å². The molecule has 132 valence electrons. The minimum atomic E-state index is -1.00. The number of amides is 1. The number of nitrogens with zero attached hydrogens (tertiary/aromatic N) is 1. The fourth-order valence-corrected chi connectivity index (χ4v) is 3.29. The van der Waals surface area contributed by atoms with Crippen LogP contribution < -0.4 is 0 Å². The van der Waals surface area contributed by atoms with Crippen molar-refractivity contribution in [1.29, 1.82) is 0 Å². The molecule has 2 heterocycles. The van der Waals surface area contributed by atoms with E-state index < -0.39 is 29.6 Å². The Hall–Kier alpha value is -2.70. The Morgan fingerprint density at radius 1 is 1.28 bits per heavy atom. The van der Waals surface area contributed by atoms with Gasteiger partial charge in [-0.25, -0.2) is 8.78 Å². The Kier molecular flexibility index (Phi) is 4.83. The molecule has 25 heavy (non-hydrogen) atoms. The van der Waals surface area contributed by atoms with Crippen LogP contribution >= 0.6 is 0 Å². The molecule has 2 atom stereocenters. The van der Waals surface area contributed by atoms with E-state index in [1.165, 1.54) is 23.3 Å². The summed E-state index contributed by atoms with van der Waals surface area (Å²) in [4.78, 5) is 25.4. The van der Waals surface area contributed by atoms with E-state index in [2.05, 4.69) is 0 Å². The van der Waals surface area contributed by atoms with E-state index in [-0.39, 0.29) is 31.7 Å². The number of rotatable bonds is 5. The standard InChI is InChI=1S/C18H17F2NO4/c19-12-8-11(9-13(20)10-12)5-6-21-16(22)4-3-14(18(23)24)17(21)15-2-1-7-25-15/h1-2,7-10,14,17H,3-6H2,(H,23,24). The van der Waals surface area contributed by atoms with Crippen LogP contribution in [0, 0.1) is 17.6 Å². The average molecular weight is 349 g/mol. The summed E-state index contributed by atoms with van der Waals surface area (Å²) in [7, 11) is 0. The zero-order valence-electron chi connectivity index (χ0n) is 13.3. The van der Waals surface area contributed by atoms with Crippen LogP contribution in [0.25, 0.3) is 0 Å². The molecule has 1 amide bonds. The van der Waals surface area contributed by atoms with E-state index in [0.717, 1.165) is 6.07 Å². The number of hydrogen-bond acceptors (Lipinski definition) is 3. The largest absolute Gasteiger partial charge is 0.481 e. The van der Waals surface area contributed by atoms with Crippen LogP contribution in [-0.4, -0.2) is 28.4 Å². The highest BCUT2D eigenvalue weighted by Crippen LogP contribution is 2.37. The van der Waals surface area contributed by atoms with E-state index in [0.29, 0.717) is 11.3 Å². The van der Waals surface area contributed by atoms with Gasteiger partial charge in [-0.05, 0) is 42.7 Å². The summed E-state index contributed by atoms with van der Waals surface area (Å²) >= 11 is 0. The summed E-state index contributed by atoms with van der Waals surface area (Å²) in [6, 6.07) is 5.72. The Morgan fingerprint density at radius 2 is 2.00 bits per heavy atom. The average Bonchev–Trinajstić information content (AvgIpc) is 3.06. The molecule has 1 N–H and O–H groups in total. The van der Waals surface area contributed by atoms with Gasteiger partial charge >= 0.3 is 5.97 Å². The van der Waals surface area contributed by atoms with Gasteiger partial charge in [0, 0.05) is 19.0 Å². The molecule has 1 fully saturated rings. The van der Waals surface area contributed by atoms with Crippen LogP contribution in [0.1, 0.15) is 30.2 Å². The zero-order chi connectivity index (χ0) is 18.0. The summed E-state index contributed by atoms with van der Waals surface area (Å²) in [6.45, 7) is 0.150. The van der Waals surface area contributed by atoms with Crippen LogP contribution in [0.15, 0.2) is 41.0 Å². The molecule has 2 unspecified atom stereocenters. The number of halogens is 2. The zero-order valence-corrected chi connectivity index (χ0v) is 13.3. The van der Waals surface area contributed by atoms with Gasteiger partial charge in [0.15, 0.2) is 0 Å². The number of furan rings is 1. The van der Waals surface area contributed by atoms with Gasteiger partial charge in [0.05, 0.1) is 12.2 Å². The Morgan fingerprint density at radius 3 is 2.60 bits per heavy atom. The highest BCUT2D eigenvalue weighted by Gasteiger charge is 2.42. The number of benzene rings is 1. The molecule has 7 heteroatoms. The fraction of sp³-hybridized carbons (Fsp3) is 0.333. The van der Waals surface area contributed by atoms with Crippen LogP contribution in [0.4, 0.5) is 8.78 Å². The van der Waals surface area contributed by atoms with E-state index in [4.69, 9.17) is 4.42 Å². The first kappa shape index (κ1) is 17.1. The fourth-order valence-electron chi connectivity index (χ4n) is 3.29. The molecule has 5 nitrogen and oxygen atoms in total. The SMILES string of the molecule is O=C(O)C1CCC(=O)N(CCc2cc(F)cc(F)c2)C1c1ccco1. The van der Waals surface area contributed by atoms with Crippen molar-refractivity contribution < 1.29 is 27.9 Å². The van der Waals surface area contributed by atoms with E-state index in [1.54, 1.807) is 12.1 Å². The maximum absolute atomic E-state index is 13.3. The van der Waals surface area contributed by atoms with Crippen molar-refractivity contribution in [2.45, 2.75) is 25.3 Å². The number of carboxylic acid groups (broad SMARTS) is 1. The van der Waals surface area contributed by atoms with Crippen molar-refractivity contribution in [2.75, 3.05) is 6.54 Å². The lowest BCUT2D eigenvalue weighted by atomic mass is 9.87. The smallest absolute Gasteiger partial charge is 0.309 e. The Labute approximate surface area is 142 Å². The number of carboxylic acids is 1. The Balaban J connectivity index is 1.85. The molecular formula is C18H17F2NO4. The molecule has 0 spiro atoms. The number of hydrogen-bond donors (Lipinski definition) is 1. The number of aliphatic carboxylic acids is 1. The highest BCUT2D eigenvalue weighted by molar-refractivity contribution is 5.81. The third-order valence-electron chi connectivity index (χ3n) is 4.42. The van der Waals surface area contributed by atoms with E-state index in [9.17, 15) is 23.5 Å². The highest BCUT2D eigenvalue weighted by atomic mass is 19.1. The predicted molar refractivity (Wildman–Crippen MR) is 83.6 cm³/mol. The summed E-state index contributed by atoms with van der Waals surface area (Å²) in [5.74, 6) is -2.97. The Bertz CT molecular complexity index is 755. The molecule has 1 aromatic heterocycles. The number of piperidine rings is 1. The predicted octanol–water partition coefficient (Wildman–Crippen LogP) is 3.16. The molecule has 1 aliphatic heterocycles. The number of likely N-dealkylation sites (tertiary alicyclic amines) is 1. The first-order chi connectivity index (χ1) is 12.0. The monoisotopic (exact) mass is 349 g/mol.